The fourth-order valence-corrected chi connectivity index (χ4v) is 2.36. The molecule has 0 saturated heterocycles. The van der Waals surface area contributed by atoms with Crippen molar-refractivity contribution in [3.63, 3.8) is 0 Å². The first-order valence-corrected chi connectivity index (χ1v) is 7.59. The van der Waals surface area contributed by atoms with Crippen molar-refractivity contribution < 1.29 is 9.84 Å². The predicted molar refractivity (Wildman–Crippen MR) is 82.6 cm³/mol. The number of nitriles is 1. The zero-order valence-corrected chi connectivity index (χ0v) is 12.6. The summed E-state index contributed by atoms with van der Waals surface area (Å²) in [4.78, 5) is 4.14. The van der Waals surface area contributed by atoms with Gasteiger partial charge in [0.1, 0.15) is 12.4 Å². The van der Waals surface area contributed by atoms with Crippen molar-refractivity contribution in [2.45, 2.75) is 11.1 Å². The van der Waals surface area contributed by atoms with Crippen LogP contribution in [0.5, 0.6) is 5.75 Å². The molecule has 2 aromatic rings. The Balaban J connectivity index is 1.75. The monoisotopic (exact) mass is 320 g/mol. The Morgan fingerprint density at radius 1 is 1.29 bits per heavy atom. The lowest BCUT2D eigenvalue weighted by Gasteiger charge is -2.11. The van der Waals surface area contributed by atoms with E-state index in [2.05, 4.69) is 4.98 Å². The fourth-order valence-electron chi connectivity index (χ4n) is 1.50. The molecule has 0 radical (unpaired) electrons. The van der Waals surface area contributed by atoms with Gasteiger partial charge in [-0.15, -0.1) is 11.8 Å². The lowest BCUT2D eigenvalue weighted by Crippen LogP contribution is -2.20. The largest absolute Gasteiger partial charge is 0.491 e. The fraction of sp³-hybridized carbons (Fsp3) is 0.200. The number of halogens is 1. The average Bonchev–Trinajstić information content (AvgIpc) is 2.53. The van der Waals surface area contributed by atoms with Crippen LogP contribution in [0.25, 0.3) is 0 Å². The minimum absolute atomic E-state index is 0.187. The zero-order valence-electron chi connectivity index (χ0n) is 11.1. The van der Waals surface area contributed by atoms with Gasteiger partial charge in [-0.25, -0.2) is 4.98 Å². The van der Waals surface area contributed by atoms with E-state index in [1.54, 1.807) is 42.6 Å². The van der Waals surface area contributed by atoms with Crippen LogP contribution in [-0.2, 0) is 0 Å². The molecule has 1 heterocycles. The third kappa shape index (κ3) is 5.27. The van der Waals surface area contributed by atoms with Crippen LogP contribution < -0.4 is 4.74 Å². The molecule has 2 rings (SSSR count). The number of aliphatic hydroxyl groups is 1. The van der Waals surface area contributed by atoms with Gasteiger partial charge in [-0.05, 0) is 36.4 Å². The molecular formula is C15H13ClN2O2S. The number of hydrogen-bond acceptors (Lipinski definition) is 5. The van der Waals surface area contributed by atoms with E-state index in [4.69, 9.17) is 21.6 Å². The highest BCUT2D eigenvalue weighted by atomic mass is 35.5. The van der Waals surface area contributed by atoms with E-state index < -0.39 is 6.10 Å². The number of aromatic nitrogens is 1. The van der Waals surface area contributed by atoms with E-state index in [0.717, 1.165) is 5.03 Å². The molecule has 0 saturated carbocycles. The number of benzene rings is 1. The first-order chi connectivity index (χ1) is 10.2. The summed E-state index contributed by atoms with van der Waals surface area (Å²) in [5.41, 5.74) is 0.576. The lowest BCUT2D eigenvalue weighted by molar-refractivity contribution is 0.126. The second kappa shape index (κ2) is 7.89. The quantitative estimate of drug-likeness (QED) is 0.828. The van der Waals surface area contributed by atoms with Crippen LogP contribution >= 0.6 is 23.4 Å². The molecule has 1 aromatic carbocycles. The topological polar surface area (TPSA) is 66.1 Å². The summed E-state index contributed by atoms with van der Waals surface area (Å²) in [6.07, 6.45) is 0.965. The molecule has 108 valence electrons. The Morgan fingerprint density at radius 2 is 2.05 bits per heavy atom. The molecule has 0 aliphatic rings. The number of thioether (sulfide) groups is 1. The van der Waals surface area contributed by atoms with E-state index >= 15 is 0 Å². The highest BCUT2D eigenvalue weighted by Gasteiger charge is 2.07. The normalized spacial score (nSPS) is 11.7. The maximum Gasteiger partial charge on any atom is 0.119 e. The van der Waals surface area contributed by atoms with Crippen molar-refractivity contribution in [1.82, 2.24) is 4.98 Å². The first kappa shape index (κ1) is 15.6. The van der Waals surface area contributed by atoms with Gasteiger partial charge < -0.3 is 9.84 Å². The third-order valence-corrected chi connectivity index (χ3v) is 3.86. The molecule has 0 amide bonds. The Bertz CT molecular complexity index is 611. The number of ether oxygens (including phenoxy) is 1. The van der Waals surface area contributed by atoms with Crippen molar-refractivity contribution >= 4 is 23.4 Å². The summed E-state index contributed by atoms with van der Waals surface area (Å²) in [7, 11) is 0. The highest BCUT2D eigenvalue weighted by molar-refractivity contribution is 7.99. The summed E-state index contributed by atoms with van der Waals surface area (Å²) in [5.74, 6) is 1.10. The van der Waals surface area contributed by atoms with Crippen molar-refractivity contribution in [3.05, 3.63) is 53.2 Å². The summed E-state index contributed by atoms with van der Waals surface area (Å²) in [6.45, 7) is 0.187. The summed E-state index contributed by atoms with van der Waals surface area (Å²) < 4.78 is 5.46. The molecule has 0 spiro atoms. The van der Waals surface area contributed by atoms with E-state index in [0.29, 0.717) is 22.1 Å². The Labute approximate surface area is 132 Å². The van der Waals surface area contributed by atoms with Gasteiger partial charge in [-0.1, -0.05) is 11.6 Å². The maximum atomic E-state index is 9.88. The molecule has 0 fully saturated rings. The Hall–Kier alpha value is -1.74. The lowest BCUT2D eigenvalue weighted by atomic mass is 10.2. The van der Waals surface area contributed by atoms with Crippen molar-refractivity contribution in [2.24, 2.45) is 0 Å². The molecule has 1 unspecified atom stereocenters. The molecular weight excluding hydrogens is 308 g/mol. The van der Waals surface area contributed by atoms with Crippen LogP contribution in [0.4, 0.5) is 0 Å². The standard InChI is InChI=1S/C15H13ClN2O2S/c16-12-3-6-15(18-8-12)21-10-13(19)9-20-14-4-1-11(7-17)2-5-14/h1-6,8,13,19H,9-10H2. The number of hydrogen-bond donors (Lipinski definition) is 1. The minimum atomic E-state index is -0.608. The molecule has 0 bridgehead atoms. The number of pyridine rings is 1. The van der Waals surface area contributed by atoms with E-state index in [1.165, 1.54) is 11.8 Å². The second-order valence-electron chi connectivity index (χ2n) is 4.23. The van der Waals surface area contributed by atoms with Crippen LogP contribution in [0.1, 0.15) is 5.56 Å². The second-order valence-corrected chi connectivity index (χ2v) is 5.70. The van der Waals surface area contributed by atoms with Crippen molar-refractivity contribution in [2.75, 3.05) is 12.4 Å². The molecule has 0 aliphatic heterocycles. The Kier molecular flexibility index (Phi) is 5.88. The average molecular weight is 321 g/mol. The van der Waals surface area contributed by atoms with Gasteiger partial charge in [0.05, 0.1) is 27.8 Å². The van der Waals surface area contributed by atoms with Gasteiger partial charge in [0.25, 0.3) is 0 Å². The van der Waals surface area contributed by atoms with Crippen LogP contribution in [0.3, 0.4) is 0 Å². The van der Waals surface area contributed by atoms with E-state index in [1.807, 2.05) is 6.07 Å². The minimum Gasteiger partial charge on any atom is -0.491 e. The maximum absolute atomic E-state index is 9.88. The van der Waals surface area contributed by atoms with Gasteiger partial charge in [-0.3, -0.25) is 0 Å². The van der Waals surface area contributed by atoms with Crippen molar-refractivity contribution in [3.8, 4) is 11.8 Å². The molecule has 0 aliphatic carbocycles. The molecule has 21 heavy (non-hydrogen) atoms. The van der Waals surface area contributed by atoms with Gasteiger partial charge in [-0.2, -0.15) is 5.26 Å². The van der Waals surface area contributed by atoms with E-state index in [-0.39, 0.29) is 6.61 Å². The molecule has 1 aromatic heterocycles. The smallest absolute Gasteiger partial charge is 0.119 e. The summed E-state index contributed by atoms with van der Waals surface area (Å²) in [5, 5.41) is 20.0. The number of nitrogens with zero attached hydrogens (tertiary/aromatic N) is 2. The van der Waals surface area contributed by atoms with Gasteiger partial charge >= 0.3 is 0 Å². The van der Waals surface area contributed by atoms with Crippen LogP contribution in [0.15, 0.2) is 47.6 Å². The Morgan fingerprint density at radius 3 is 2.67 bits per heavy atom. The van der Waals surface area contributed by atoms with Gasteiger partial charge in [0, 0.05) is 11.9 Å². The SMILES string of the molecule is N#Cc1ccc(OCC(O)CSc2ccc(Cl)cn2)cc1. The third-order valence-electron chi connectivity index (χ3n) is 2.55. The first-order valence-electron chi connectivity index (χ1n) is 6.23. The van der Waals surface area contributed by atoms with E-state index in [9.17, 15) is 5.11 Å². The summed E-state index contributed by atoms with van der Waals surface area (Å²) in [6, 6.07) is 12.4. The highest BCUT2D eigenvalue weighted by Crippen LogP contribution is 2.18. The van der Waals surface area contributed by atoms with Crippen LogP contribution in [-0.4, -0.2) is 28.6 Å². The summed E-state index contributed by atoms with van der Waals surface area (Å²) >= 11 is 7.19. The van der Waals surface area contributed by atoms with Crippen LogP contribution in [0, 0.1) is 11.3 Å². The molecule has 6 heteroatoms. The molecule has 1 N–H and O–H groups in total. The van der Waals surface area contributed by atoms with Gasteiger partial charge in [0.15, 0.2) is 0 Å². The molecule has 1 atom stereocenters. The number of rotatable bonds is 6. The van der Waals surface area contributed by atoms with Gasteiger partial charge in [0.2, 0.25) is 0 Å². The van der Waals surface area contributed by atoms with Crippen molar-refractivity contribution in [1.29, 1.82) is 5.26 Å². The number of aliphatic hydroxyl groups excluding tert-OH is 1. The zero-order chi connectivity index (χ0) is 15.1. The predicted octanol–water partition coefficient (Wildman–Crippen LogP) is 3.14. The molecule has 4 nitrogen and oxygen atoms in total. The van der Waals surface area contributed by atoms with Crippen LogP contribution in [0.2, 0.25) is 5.02 Å².